The molecule has 0 radical (unpaired) electrons. The molecular weight excluding hydrogens is 372 g/mol. The topological polar surface area (TPSA) is 34.1 Å². The van der Waals surface area contributed by atoms with Crippen LogP contribution in [0.2, 0.25) is 0 Å². The lowest BCUT2D eigenvalue weighted by atomic mass is 9.95. The van der Waals surface area contributed by atoms with Gasteiger partial charge in [-0.1, -0.05) is 55.0 Å². The zero-order chi connectivity index (χ0) is 20.5. The van der Waals surface area contributed by atoms with Gasteiger partial charge in [0.1, 0.15) is 11.5 Å². The van der Waals surface area contributed by atoms with Crippen LogP contribution in [-0.4, -0.2) is 17.3 Å². The number of aryl methyl sites for hydroxylation is 1. The minimum atomic E-state index is -0.256. The molecule has 0 spiro atoms. The van der Waals surface area contributed by atoms with E-state index in [9.17, 15) is 0 Å². The molecule has 4 heteroatoms. The summed E-state index contributed by atoms with van der Waals surface area (Å²) in [5.74, 6) is 1.83. The molecule has 0 saturated heterocycles. The lowest BCUT2D eigenvalue weighted by molar-refractivity contribution is -0.0190. The molecule has 4 nitrogen and oxygen atoms in total. The maximum absolute atomic E-state index is 6.43. The predicted molar refractivity (Wildman–Crippen MR) is 119 cm³/mol. The van der Waals surface area contributed by atoms with Crippen LogP contribution in [0.1, 0.15) is 54.3 Å². The van der Waals surface area contributed by atoms with Crippen LogP contribution < -0.4 is 9.47 Å². The lowest BCUT2D eigenvalue weighted by Crippen LogP contribution is -2.33. The monoisotopic (exact) mass is 398 g/mol. The third kappa shape index (κ3) is 3.43. The Morgan fingerprint density at radius 3 is 2.53 bits per heavy atom. The second-order valence-corrected chi connectivity index (χ2v) is 7.94. The highest BCUT2D eigenvalue weighted by Gasteiger charge is 2.40. The van der Waals surface area contributed by atoms with Crippen molar-refractivity contribution in [2.75, 3.05) is 6.61 Å². The number of hydrazone groups is 1. The highest BCUT2D eigenvalue weighted by Crippen LogP contribution is 2.47. The second-order valence-electron chi connectivity index (χ2n) is 7.94. The Bertz CT molecular complexity index is 1060. The van der Waals surface area contributed by atoms with Crippen LogP contribution in [-0.2, 0) is 0 Å². The predicted octanol–water partition coefficient (Wildman–Crippen LogP) is 6.03. The summed E-state index contributed by atoms with van der Waals surface area (Å²) >= 11 is 0. The molecule has 0 amide bonds. The molecule has 2 aliphatic rings. The van der Waals surface area contributed by atoms with Crippen molar-refractivity contribution in [3.05, 3.63) is 95.1 Å². The highest BCUT2D eigenvalue weighted by molar-refractivity contribution is 6.02. The Hall–Kier alpha value is -3.27. The number of hydrogen-bond donors (Lipinski definition) is 0. The third-order valence-electron chi connectivity index (χ3n) is 5.72. The molecule has 152 valence electrons. The Morgan fingerprint density at radius 2 is 1.77 bits per heavy atom. The van der Waals surface area contributed by atoms with Gasteiger partial charge in [-0.2, -0.15) is 5.10 Å². The summed E-state index contributed by atoms with van der Waals surface area (Å²) in [6.07, 6.45) is 1.61. The Balaban J connectivity index is 1.50. The van der Waals surface area contributed by atoms with Gasteiger partial charge in [-0.15, -0.1) is 0 Å². The molecule has 0 N–H and O–H groups in total. The third-order valence-corrected chi connectivity index (χ3v) is 5.72. The molecule has 30 heavy (non-hydrogen) atoms. The molecule has 0 aliphatic carbocycles. The van der Waals surface area contributed by atoms with Crippen molar-refractivity contribution in [3.63, 3.8) is 0 Å². The van der Waals surface area contributed by atoms with E-state index in [4.69, 9.17) is 14.6 Å². The largest absolute Gasteiger partial charge is 0.494 e. The summed E-state index contributed by atoms with van der Waals surface area (Å²) in [6, 6.07) is 25.3. The van der Waals surface area contributed by atoms with Crippen LogP contribution in [0.5, 0.6) is 11.5 Å². The summed E-state index contributed by atoms with van der Waals surface area (Å²) in [4.78, 5) is 0. The smallest absolute Gasteiger partial charge is 0.213 e. The van der Waals surface area contributed by atoms with Gasteiger partial charge in [0.05, 0.1) is 18.4 Å². The Morgan fingerprint density at radius 1 is 1.00 bits per heavy atom. The molecule has 3 aromatic rings. The molecule has 2 atom stereocenters. The maximum atomic E-state index is 6.43. The van der Waals surface area contributed by atoms with E-state index in [1.54, 1.807) is 0 Å². The van der Waals surface area contributed by atoms with Crippen molar-refractivity contribution in [3.8, 4) is 11.5 Å². The van der Waals surface area contributed by atoms with Crippen molar-refractivity contribution < 1.29 is 9.47 Å². The number of ether oxygens (including phenoxy) is 2. The van der Waals surface area contributed by atoms with Crippen LogP contribution in [0.4, 0.5) is 0 Å². The SMILES string of the molecule is CCCOc1ccc([C@@H]2Oc3ccccc3[C@@H]3CC(c4ccc(C)cc4)=NN32)cc1. The summed E-state index contributed by atoms with van der Waals surface area (Å²) in [5, 5.41) is 7.16. The second kappa shape index (κ2) is 7.86. The van der Waals surface area contributed by atoms with Gasteiger partial charge in [0, 0.05) is 17.5 Å². The molecule has 0 bridgehead atoms. The van der Waals surface area contributed by atoms with Gasteiger partial charge < -0.3 is 9.47 Å². The number of rotatable bonds is 5. The summed E-state index contributed by atoms with van der Waals surface area (Å²) in [7, 11) is 0. The molecule has 0 saturated carbocycles. The minimum Gasteiger partial charge on any atom is -0.494 e. The van der Waals surface area contributed by atoms with E-state index >= 15 is 0 Å². The van der Waals surface area contributed by atoms with Gasteiger partial charge in [0.2, 0.25) is 6.23 Å². The van der Waals surface area contributed by atoms with E-state index in [0.717, 1.165) is 42.2 Å². The molecule has 5 rings (SSSR count). The fourth-order valence-electron chi connectivity index (χ4n) is 4.12. The fraction of sp³-hybridized carbons (Fsp3) is 0.269. The Kier molecular flexibility index (Phi) is 4.91. The molecule has 0 unspecified atom stereocenters. The molecule has 2 aliphatic heterocycles. The van der Waals surface area contributed by atoms with E-state index in [1.807, 2.05) is 18.2 Å². The van der Waals surface area contributed by atoms with Gasteiger partial charge in [0.25, 0.3) is 0 Å². The first-order valence-electron chi connectivity index (χ1n) is 10.6. The van der Waals surface area contributed by atoms with Gasteiger partial charge in [-0.05, 0) is 49.2 Å². The van der Waals surface area contributed by atoms with E-state index in [1.165, 1.54) is 16.7 Å². The Labute approximate surface area is 177 Å². The quantitative estimate of drug-likeness (QED) is 0.526. The van der Waals surface area contributed by atoms with Crippen molar-refractivity contribution >= 4 is 5.71 Å². The molecule has 3 aromatic carbocycles. The first-order valence-corrected chi connectivity index (χ1v) is 10.6. The zero-order valence-electron chi connectivity index (χ0n) is 17.4. The van der Waals surface area contributed by atoms with Crippen LogP contribution >= 0.6 is 0 Å². The lowest BCUT2D eigenvalue weighted by Gasteiger charge is -2.38. The number of benzene rings is 3. The van der Waals surface area contributed by atoms with Crippen molar-refractivity contribution in [2.45, 2.75) is 39.0 Å². The molecule has 0 fully saturated rings. The number of para-hydroxylation sites is 1. The summed E-state index contributed by atoms with van der Waals surface area (Å²) in [5.41, 5.74) is 5.81. The first-order chi connectivity index (χ1) is 14.7. The number of hydrogen-bond acceptors (Lipinski definition) is 4. The minimum absolute atomic E-state index is 0.173. The van der Waals surface area contributed by atoms with E-state index in [-0.39, 0.29) is 12.3 Å². The normalized spacial score (nSPS) is 19.5. The van der Waals surface area contributed by atoms with Crippen molar-refractivity contribution in [1.82, 2.24) is 5.01 Å². The maximum Gasteiger partial charge on any atom is 0.213 e. The summed E-state index contributed by atoms with van der Waals surface area (Å²) < 4.78 is 12.2. The average Bonchev–Trinajstić information content (AvgIpc) is 3.24. The molecule has 0 aromatic heterocycles. The number of nitrogens with zero attached hydrogens (tertiary/aromatic N) is 2. The van der Waals surface area contributed by atoms with Crippen LogP contribution in [0.25, 0.3) is 0 Å². The van der Waals surface area contributed by atoms with Crippen LogP contribution in [0.15, 0.2) is 77.9 Å². The van der Waals surface area contributed by atoms with E-state index in [2.05, 4.69) is 73.5 Å². The average molecular weight is 399 g/mol. The summed E-state index contributed by atoms with van der Waals surface area (Å²) in [6.45, 7) is 4.95. The fourth-order valence-corrected chi connectivity index (χ4v) is 4.12. The van der Waals surface area contributed by atoms with Gasteiger partial charge in [-0.3, -0.25) is 0 Å². The van der Waals surface area contributed by atoms with Crippen molar-refractivity contribution in [1.29, 1.82) is 0 Å². The van der Waals surface area contributed by atoms with Gasteiger partial charge in [0.15, 0.2) is 0 Å². The zero-order valence-corrected chi connectivity index (χ0v) is 17.4. The van der Waals surface area contributed by atoms with Crippen LogP contribution in [0.3, 0.4) is 0 Å². The van der Waals surface area contributed by atoms with E-state index in [0.29, 0.717) is 0 Å². The standard InChI is InChI=1S/C26H26N2O2/c1-3-16-29-21-14-12-20(13-15-21)26-28-24(22-6-4-5-7-25(22)30-26)17-23(27-28)19-10-8-18(2)9-11-19/h4-15,24,26H,3,16-17H2,1-2H3/t24-,26-/m0/s1. The number of fused-ring (bicyclic) bond motifs is 3. The molecule has 2 heterocycles. The molecular formula is C26H26N2O2. The van der Waals surface area contributed by atoms with Gasteiger partial charge in [-0.25, -0.2) is 5.01 Å². The van der Waals surface area contributed by atoms with Crippen LogP contribution in [0, 0.1) is 6.92 Å². The highest BCUT2D eigenvalue weighted by atomic mass is 16.5. The van der Waals surface area contributed by atoms with Crippen molar-refractivity contribution in [2.24, 2.45) is 5.10 Å². The van der Waals surface area contributed by atoms with Gasteiger partial charge >= 0.3 is 0 Å². The van der Waals surface area contributed by atoms with E-state index < -0.39 is 0 Å². The first kappa shape index (κ1) is 18.7.